The van der Waals surface area contributed by atoms with Crippen LogP contribution in [0.15, 0.2) is 18.3 Å². The predicted octanol–water partition coefficient (Wildman–Crippen LogP) is 1.81. The smallest absolute Gasteiger partial charge is 0.309 e. The van der Waals surface area contributed by atoms with Crippen molar-refractivity contribution >= 4 is 17.4 Å². The third-order valence-electron chi connectivity index (χ3n) is 2.50. The molecule has 0 atom stereocenters. The molecule has 0 aliphatic carbocycles. The molecule has 0 aromatic carbocycles. The number of nitrogens with zero attached hydrogens (tertiary/aromatic N) is 3. The summed E-state index contributed by atoms with van der Waals surface area (Å²) >= 11 is 0. The van der Waals surface area contributed by atoms with Crippen molar-refractivity contribution in [1.29, 1.82) is 0 Å². The maximum Gasteiger partial charge on any atom is 0.309 e. The molecule has 0 fully saturated rings. The Hall–Kier alpha value is -2.11. The van der Waals surface area contributed by atoms with Gasteiger partial charge in [0.15, 0.2) is 5.65 Å². The van der Waals surface area contributed by atoms with Gasteiger partial charge in [-0.25, -0.2) is 9.50 Å². The molecule has 0 radical (unpaired) electrons. The molecule has 2 N–H and O–H groups in total. The summed E-state index contributed by atoms with van der Waals surface area (Å²) in [5.41, 5.74) is 1.32. The summed E-state index contributed by atoms with van der Waals surface area (Å²) in [6.45, 7) is 7.23. The van der Waals surface area contributed by atoms with Crippen LogP contribution in [-0.2, 0) is 11.2 Å². The number of hydrogen-bond donors (Lipinski definition) is 2. The Morgan fingerprint density at radius 1 is 1.42 bits per heavy atom. The number of aliphatic carboxylic acids is 1. The first-order valence-corrected chi connectivity index (χ1v) is 6.14. The van der Waals surface area contributed by atoms with Gasteiger partial charge >= 0.3 is 5.97 Å². The molecule has 2 aromatic heterocycles. The van der Waals surface area contributed by atoms with Crippen LogP contribution < -0.4 is 5.32 Å². The lowest BCUT2D eigenvalue weighted by atomic mass is 9.97. The molecule has 19 heavy (non-hydrogen) atoms. The summed E-state index contributed by atoms with van der Waals surface area (Å²) in [5, 5.41) is 16.3. The number of nitrogens with one attached hydrogen (secondary N) is 1. The maximum absolute atomic E-state index is 10.6. The molecule has 6 nitrogen and oxygen atoms in total. The van der Waals surface area contributed by atoms with Crippen molar-refractivity contribution in [2.45, 2.75) is 27.2 Å². The van der Waals surface area contributed by atoms with Crippen molar-refractivity contribution < 1.29 is 9.90 Å². The third-order valence-corrected chi connectivity index (χ3v) is 2.50. The maximum atomic E-state index is 10.6. The van der Waals surface area contributed by atoms with Crippen LogP contribution in [0.25, 0.3) is 5.65 Å². The highest BCUT2D eigenvalue weighted by Crippen LogP contribution is 2.14. The van der Waals surface area contributed by atoms with Gasteiger partial charge < -0.3 is 10.4 Å². The van der Waals surface area contributed by atoms with E-state index >= 15 is 0 Å². The lowest BCUT2D eigenvalue weighted by Crippen LogP contribution is -2.19. The summed E-state index contributed by atoms with van der Waals surface area (Å²) in [7, 11) is 0. The number of fused-ring (bicyclic) bond motifs is 1. The second kappa shape index (κ2) is 4.87. The molecule has 0 aliphatic rings. The van der Waals surface area contributed by atoms with Crippen molar-refractivity contribution in [1.82, 2.24) is 14.6 Å². The topological polar surface area (TPSA) is 79.5 Å². The molecule has 0 saturated heterocycles. The van der Waals surface area contributed by atoms with E-state index in [4.69, 9.17) is 5.11 Å². The minimum absolute atomic E-state index is 0.0892. The van der Waals surface area contributed by atoms with E-state index in [1.54, 1.807) is 10.7 Å². The van der Waals surface area contributed by atoms with Crippen LogP contribution in [-0.4, -0.2) is 32.2 Å². The number of aromatic nitrogens is 3. The largest absolute Gasteiger partial charge is 0.481 e. The minimum Gasteiger partial charge on any atom is -0.481 e. The van der Waals surface area contributed by atoms with Gasteiger partial charge in [-0.1, -0.05) is 20.8 Å². The number of carbonyl (C=O) groups is 1. The Morgan fingerprint density at radius 3 is 2.79 bits per heavy atom. The molecule has 6 heteroatoms. The lowest BCUT2D eigenvalue weighted by Gasteiger charge is -2.18. The standard InChI is InChI=1S/C13H18N4O2/c1-13(2,3)8-14-10-4-5-11-15-9(6-12(18)19)7-17(11)16-10/h4-5,7H,6,8H2,1-3H3,(H,14,16)(H,18,19). The number of rotatable bonds is 4. The zero-order valence-electron chi connectivity index (χ0n) is 11.3. The van der Waals surface area contributed by atoms with Crippen molar-refractivity contribution in [2.75, 3.05) is 11.9 Å². The van der Waals surface area contributed by atoms with Crippen LogP contribution in [0.1, 0.15) is 26.5 Å². The van der Waals surface area contributed by atoms with Crippen molar-refractivity contribution in [3.05, 3.63) is 24.0 Å². The summed E-state index contributed by atoms with van der Waals surface area (Å²) in [6, 6.07) is 3.67. The molecule has 0 unspecified atom stereocenters. The number of carboxylic acids is 1. The first-order valence-electron chi connectivity index (χ1n) is 6.14. The van der Waals surface area contributed by atoms with Gasteiger partial charge in [0, 0.05) is 6.54 Å². The molecule has 2 heterocycles. The van der Waals surface area contributed by atoms with Crippen LogP contribution in [0.3, 0.4) is 0 Å². The summed E-state index contributed by atoms with van der Waals surface area (Å²) < 4.78 is 1.60. The van der Waals surface area contributed by atoms with E-state index in [2.05, 4.69) is 36.2 Å². The highest BCUT2D eigenvalue weighted by Gasteiger charge is 2.11. The van der Waals surface area contributed by atoms with Gasteiger partial charge in [-0.15, -0.1) is 5.10 Å². The molecule has 2 aromatic rings. The van der Waals surface area contributed by atoms with Crippen LogP contribution in [0.5, 0.6) is 0 Å². The number of hydrogen-bond acceptors (Lipinski definition) is 4. The van der Waals surface area contributed by atoms with Crippen molar-refractivity contribution in [3.8, 4) is 0 Å². The molecule has 0 aliphatic heterocycles. The zero-order valence-corrected chi connectivity index (χ0v) is 11.3. The average molecular weight is 262 g/mol. The summed E-state index contributed by atoms with van der Waals surface area (Å²) in [4.78, 5) is 14.8. The van der Waals surface area contributed by atoms with Crippen LogP contribution >= 0.6 is 0 Å². The lowest BCUT2D eigenvalue weighted by molar-refractivity contribution is -0.136. The summed E-state index contributed by atoms with van der Waals surface area (Å²) in [5.74, 6) is -0.142. The fourth-order valence-corrected chi connectivity index (χ4v) is 1.62. The molecule has 0 spiro atoms. The number of carboxylic acid groups (broad SMARTS) is 1. The first kappa shape index (κ1) is 13.3. The number of imidazole rings is 1. The fourth-order valence-electron chi connectivity index (χ4n) is 1.62. The zero-order chi connectivity index (χ0) is 14.0. The Bertz CT molecular complexity index is 598. The van der Waals surface area contributed by atoms with Crippen LogP contribution in [0, 0.1) is 5.41 Å². The third kappa shape index (κ3) is 3.67. The SMILES string of the molecule is CC(C)(C)CNc1ccc2nc(CC(=O)O)cn2n1. The van der Waals surface area contributed by atoms with Gasteiger partial charge in [0.2, 0.25) is 0 Å². The van der Waals surface area contributed by atoms with Crippen LogP contribution in [0.4, 0.5) is 5.82 Å². The van der Waals surface area contributed by atoms with E-state index in [0.29, 0.717) is 11.3 Å². The molecular formula is C13H18N4O2. The Kier molecular flexibility index (Phi) is 3.42. The molecule has 2 rings (SSSR count). The van der Waals surface area contributed by atoms with E-state index in [0.717, 1.165) is 12.4 Å². The molecule has 0 saturated carbocycles. The Labute approximate surface area is 111 Å². The monoisotopic (exact) mass is 262 g/mol. The van der Waals surface area contributed by atoms with Crippen LogP contribution in [0.2, 0.25) is 0 Å². The van der Waals surface area contributed by atoms with Gasteiger partial charge in [0.1, 0.15) is 5.82 Å². The second-order valence-electron chi connectivity index (χ2n) is 5.74. The highest BCUT2D eigenvalue weighted by atomic mass is 16.4. The predicted molar refractivity (Wildman–Crippen MR) is 72.3 cm³/mol. The van der Waals surface area contributed by atoms with Gasteiger partial charge in [-0.3, -0.25) is 4.79 Å². The molecule has 0 bridgehead atoms. The Balaban J connectivity index is 2.18. The van der Waals surface area contributed by atoms with Crippen molar-refractivity contribution in [3.63, 3.8) is 0 Å². The molecule has 102 valence electrons. The molecular weight excluding hydrogens is 244 g/mol. The van der Waals surface area contributed by atoms with Crippen molar-refractivity contribution in [2.24, 2.45) is 5.41 Å². The highest BCUT2D eigenvalue weighted by molar-refractivity contribution is 5.69. The second-order valence-corrected chi connectivity index (χ2v) is 5.74. The van der Waals surface area contributed by atoms with E-state index in [1.807, 2.05) is 12.1 Å². The van der Waals surface area contributed by atoms with E-state index < -0.39 is 5.97 Å². The van der Waals surface area contributed by atoms with Gasteiger partial charge in [-0.2, -0.15) is 0 Å². The normalized spacial score (nSPS) is 11.7. The quantitative estimate of drug-likeness (QED) is 0.878. The van der Waals surface area contributed by atoms with Gasteiger partial charge in [-0.05, 0) is 17.5 Å². The average Bonchev–Trinajstić information content (AvgIpc) is 2.65. The number of anilines is 1. The van der Waals surface area contributed by atoms with E-state index in [-0.39, 0.29) is 11.8 Å². The minimum atomic E-state index is -0.894. The van der Waals surface area contributed by atoms with Gasteiger partial charge in [0.05, 0.1) is 18.3 Å². The first-order chi connectivity index (χ1) is 8.83. The molecule has 0 amide bonds. The fraction of sp³-hybridized carbons (Fsp3) is 0.462. The van der Waals surface area contributed by atoms with E-state index in [1.165, 1.54) is 0 Å². The van der Waals surface area contributed by atoms with Gasteiger partial charge in [0.25, 0.3) is 0 Å². The Morgan fingerprint density at radius 2 is 2.16 bits per heavy atom. The van der Waals surface area contributed by atoms with E-state index in [9.17, 15) is 4.79 Å². The summed E-state index contributed by atoms with van der Waals surface area (Å²) in [6.07, 6.45) is 1.56.